The predicted octanol–water partition coefficient (Wildman–Crippen LogP) is 0.0431. The average molecular weight is 200 g/mol. The molecular formula is C10H20N2O2. The van der Waals surface area contributed by atoms with Crippen LogP contribution in [0.4, 0.5) is 0 Å². The van der Waals surface area contributed by atoms with Crippen LogP contribution in [0.1, 0.15) is 12.8 Å². The molecule has 2 heterocycles. The number of nitrogens with zero attached hydrogens (tertiary/aromatic N) is 1. The molecule has 0 aromatic rings. The van der Waals surface area contributed by atoms with Crippen LogP contribution in [-0.2, 0) is 9.47 Å². The van der Waals surface area contributed by atoms with E-state index < -0.39 is 0 Å². The van der Waals surface area contributed by atoms with E-state index >= 15 is 0 Å². The first-order valence-corrected chi connectivity index (χ1v) is 5.51. The molecule has 2 aliphatic heterocycles. The van der Waals surface area contributed by atoms with Gasteiger partial charge in [0.15, 0.2) is 0 Å². The average Bonchev–Trinajstić information content (AvgIpc) is 2.30. The first kappa shape index (κ1) is 10.4. The standard InChI is InChI=1S/C10H20N2O2/c1-11-10-8-12(4-7-14-10)9-2-5-13-6-3-9/h9-11H,2-8H2,1H3. The van der Waals surface area contributed by atoms with Crippen LogP contribution >= 0.6 is 0 Å². The van der Waals surface area contributed by atoms with E-state index in [2.05, 4.69) is 10.2 Å². The first-order valence-electron chi connectivity index (χ1n) is 5.51. The molecule has 0 amide bonds. The minimum absolute atomic E-state index is 0.214. The highest BCUT2D eigenvalue weighted by molar-refractivity contribution is 4.78. The smallest absolute Gasteiger partial charge is 0.120 e. The number of rotatable bonds is 2. The van der Waals surface area contributed by atoms with Gasteiger partial charge in [0.2, 0.25) is 0 Å². The molecule has 0 radical (unpaired) electrons. The third-order valence-electron chi connectivity index (χ3n) is 3.13. The highest BCUT2D eigenvalue weighted by Crippen LogP contribution is 2.16. The zero-order valence-corrected chi connectivity index (χ0v) is 8.87. The fraction of sp³-hybridized carbons (Fsp3) is 1.00. The normalized spacial score (nSPS) is 31.9. The minimum atomic E-state index is 0.214. The third-order valence-corrected chi connectivity index (χ3v) is 3.13. The van der Waals surface area contributed by atoms with E-state index in [1.165, 1.54) is 12.8 Å². The molecular weight excluding hydrogens is 180 g/mol. The summed E-state index contributed by atoms with van der Waals surface area (Å²) in [6.45, 7) is 4.78. The van der Waals surface area contributed by atoms with Crippen molar-refractivity contribution in [1.29, 1.82) is 0 Å². The van der Waals surface area contributed by atoms with E-state index in [0.29, 0.717) is 6.04 Å². The summed E-state index contributed by atoms with van der Waals surface area (Å²) >= 11 is 0. The summed E-state index contributed by atoms with van der Waals surface area (Å²) < 4.78 is 10.9. The number of morpholine rings is 1. The van der Waals surface area contributed by atoms with Gasteiger partial charge in [-0.2, -0.15) is 0 Å². The summed E-state index contributed by atoms with van der Waals surface area (Å²) in [5.74, 6) is 0. The second kappa shape index (κ2) is 5.07. The van der Waals surface area contributed by atoms with Crippen molar-refractivity contribution in [1.82, 2.24) is 10.2 Å². The van der Waals surface area contributed by atoms with E-state index in [9.17, 15) is 0 Å². The molecule has 0 aromatic heterocycles. The topological polar surface area (TPSA) is 33.7 Å². The highest BCUT2D eigenvalue weighted by Gasteiger charge is 2.26. The lowest BCUT2D eigenvalue weighted by atomic mass is 10.1. The zero-order valence-electron chi connectivity index (χ0n) is 8.87. The van der Waals surface area contributed by atoms with Crippen molar-refractivity contribution in [2.24, 2.45) is 0 Å². The van der Waals surface area contributed by atoms with Crippen LogP contribution in [-0.4, -0.2) is 57.1 Å². The Labute approximate surface area is 85.5 Å². The number of ether oxygens (including phenoxy) is 2. The molecule has 2 rings (SSSR count). The van der Waals surface area contributed by atoms with Gasteiger partial charge in [-0.1, -0.05) is 0 Å². The minimum Gasteiger partial charge on any atom is -0.381 e. The van der Waals surface area contributed by atoms with E-state index in [1.54, 1.807) is 0 Å². The molecule has 2 aliphatic rings. The number of likely N-dealkylation sites (N-methyl/N-ethyl adjacent to an activating group) is 1. The molecule has 0 spiro atoms. The summed E-state index contributed by atoms with van der Waals surface area (Å²) in [4.78, 5) is 2.53. The molecule has 14 heavy (non-hydrogen) atoms. The van der Waals surface area contributed by atoms with Crippen LogP contribution in [0.25, 0.3) is 0 Å². The van der Waals surface area contributed by atoms with Gasteiger partial charge in [0.1, 0.15) is 6.23 Å². The van der Waals surface area contributed by atoms with E-state index in [1.807, 2.05) is 7.05 Å². The number of nitrogens with one attached hydrogen (secondary N) is 1. The molecule has 1 N–H and O–H groups in total. The Morgan fingerprint density at radius 1 is 1.21 bits per heavy atom. The lowest BCUT2D eigenvalue weighted by Gasteiger charge is -2.39. The Bertz CT molecular complexity index is 172. The second-order valence-corrected chi connectivity index (χ2v) is 3.99. The van der Waals surface area contributed by atoms with Crippen LogP contribution in [0, 0.1) is 0 Å². The molecule has 1 unspecified atom stereocenters. The molecule has 2 fully saturated rings. The van der Waals surface area contributed by atoms with Crippen LogP contribution in [0.5, 0.6) is 0 Å². The molecule has 1 atom stereocenters. The summed E-state index contributed by atoms with van der Waals surface area (Å²) in [6.07, 6.45) is 2.57. The monoisotopic (exact) mass is 200 g/mol. The quantitative estimate of drug-likeness (QED) is 0.682. The molecule has 0 bridgehead atoms. The zero-order chi connectivity index (χ0) is 9.80. The van der Waals surface area contributed by atoms with Crippen molar-refractivity contribution < 1.29 is 9.47 Å². The van der Waals surface area contributed by atoms with Crippen molar-refractivity contribution in [3.63, 3.8) is 0 Å². The molecule has 4 heteroatoms. The van der Waals surface area contributed by atoms with Gasteiger partial charge in [-0.15, -0.1) is 0 Å². The first-order chi connectivity index (χ1) is 6.90. The molecule has 2 saturated heterocycles. The van der Waals surface area contributed by atoms with Gasteiger partial charge in [0.25, 0.3) is 0 Å². The maximum atomic E-state index is 5.56. The Morgan fingerprint density at radius 2 is 2.00 bits per heavy atom. The van der Waals surface area contributed by atoms with Crippen molar-refractivity contribution in [2.75, 3.05) is 40.0 Å². The van der Waals surface area contributed by atoms with Gasteiger partial charge in [0, 0.05) is 32.3 Å². The molecule has 0 aliphatic carbocycles. The Morgan fingerprint density at radius 3 is 2.71 bits per heavy atom. The SMILES string of the molecule is CNC1CN(C2CCOCC2)CCO1. The van der Waals surface area contributed by atoms with Gasteiger partial charge in [-0.3, -0.25) is 10.2 Å². The second-order valence-electron chi connectivity index (χ2n) is 3.99. The summed E-state index contributed by atoms with van der Waals surface area (Å²) in [5.41, 5.74) is 0. The molecule has 0 saturated carbocycles. The lowest BCUT2D eigenvalue weighted by Crippen LogP contribution is -2.52. The summed E-state index contributed by atoms with van der Waals surface area (Å²) in [7, 11) is 1.96. The van der Waals surface area contributed by atoms with Gasteiger partial charge in [0.05, 0.1) is 6.61 Å². The largest absolute Gasteiger partial charge is 0.381 e. The Kier molecular flexibility index (Phi) is 3.75. The fourth-order valence-corrected chi connectivity index (χ4v) is 2.23. The Balaban J connectivity index is 1.83. The van der Waals surface area contributed by atoms with Crippen LogP contribution < -0.4 is 5.32 Å². The van der Waals surface area contributed by atoms with Crippen molar-refractivity contribution in [2.45, 2.75) is 25.1 Å². The van der Waals surface area contributed by atoms with Crippen LogP contribution in [0.2, 0.25) is 0 Å². The fourth-order valence-electron chi connectivity index (χ4n) is 2.23. The van der Waals surface area contributed by atoms with Gasteiger partial charge in [-0.25, -0.2) is 0 Å². The maximum Gasteiger partial charge on any atom is 0.120 e. The number of hydrogen-bond donors (Lipinski definition) is 1. The predicted molar refractivity (Wildman–Crippen MR) is 54.2 cm³/mol. The van der Waals surface area contributed by atoms with Gasteiger partial charge >= 0.3 is 0 Å². The number of hydrogen-bond acceptors (Lipinski definition) is 4. The summed E-state index contributed by atoms with van der Waals surface area (Å²) in [5, 5.41) is 3.18. The van der Waals surface area contributed by atoms with Crippen molar-refractivity contribution >= 4 is 0 Å². The maximum absolute atomic E-state index is 5.56. The van der Waals surface area contributed by atoms with Crippen molar-refractivity contribution in [3.8, 4) is 0 Å². The van der Waals surface area contributed by atoms with Gasteiger partial charge in [-0.05, 0) is 19.9 Å². The molecule has 4 nitrogen and oxygen atoms in total. The van der Waals surface area contributed by atoms with Gasteiger partial charge < -0.3 is 9.47 Å². The van der Waals surface area contributed by atoms with Crippen LogP contribution in [0.15, 0.2) is 0 Å². The van der Waals surface area contributed by atoms with Crippen molar-refractivity contribution in [3.05, 3.63) is 0 Å². The highest BCUT2D eigenvalue weighted by atomic mass is 16.5. The Hall–Kier alpha value is -0.160. The van der Waals surface area contributed by atoms with E-state index in [-0.39, 0.29) is 6.23 Å². The summed E-state index contributed by atoms with van der Waals surface area (Å²) in [6, 6.07) is 0.712. The molecule has 0 aromatic carbocycles. The lowest BCUT2D eigenvalue weighted by molar-refractivity contribution is -0.0711. The van der Waals surface area contributed by atoms with E-state index in [0.717, 1.165) is 32.9 Å². The van der Waals surface area contributed by atoms with E-state index in [4.69, 9.17) is 9.47 Å². The third kappa shape index (κ3) is 2.45. The molecule has 82 valence electrons. The van der Waals surface area contributed by atoms with Crippen LogP contribution in [0.3, 0.4) is 0 Å².